The molecule has 2 rings (SSSR count). The van der Waals surface area contributed by atoms with E-state index in [1.165, 1.54) is 11.3 Å². The third-order valence-electron chi connectivity index (χ3n) is 2.83. The Morgan fingerprint density at radius 2 is 2.10 bits per heavy atom. The van der Waals surface area contributed by atoms with E-state index in [1.807, 2.05) is 6.07 Å². The molecular weight excluding hydrogens is 272 g/mol. The molecule has 0 aliphatic rings. The normalized spacial score (nSPS) is 11.9. The fraction of sp³-hybridized carbons (Fsp3) is 0.500. The van der Waals surface area contributed by atoms with Crippen LogP contribution in [-0.4, -0.2) is 21.1 Å². The fourth-order valence-corrected chi connectivity index (χ4v) is 2.47. The molecule has 0 saturated carbocycles. The molecule has 0 aliphatic carbocycles. The zero-order valence-corrected chi connectivity index (χ0v) is 13.3. The predicted molar refractivity (Wildman–Crippen MR) is 81.4 cm³/mol. The largest absolute Gasteiger partial charge is 0.304 e. The van der Waals surface area contributed by atoms with Gasteiger partial charge in [0, 0.05) is 17.2 Å². The molecule has 1 amide bonds. The van der Waals surface area contributed by atoms with Gasteiger partial charge in [-0.3, -0.25) is 9.89 Å². The molecule has 5 nitrogen and oxygen atoms in total. The second-order valence-corrected chi connectivity index (χ2v) is 7.13. The first-order chi connectivity index (χ1) is 9.27. The van der Waals surface area contributed by atoms with Crippen LogP contribution in [0.2, 0.25) is 0 Å². The molecule has 20 heavy (non-hydrogen) atoms. The van der Waals surface area contributed by atoms with Gasteiger partial charge in [-0.15, -0.1) is 11.3 Å². The molecule has 0 aromatic carbocycles. The van der Waals surface area contributed by atoms with Crippen LogP contribution in [0.25, 0.3) is 0 Å². The number of rotatable bonds is 3. The van der Waals surface area contributed by atoms with Crippen molar-refractivity contribution in [2.75, 3.05) is 5.32 Å². The minimum absolute atomic E-state index is 0.0413. The van der Waals surface area contributed by atoms with E-state index in [1.54, 1.807) is 6.20 Å². The molecule has 0 radical (unpaired) electrons. The zero-order valence-electron chi connectivity index (χ0n) is 12.4. The molecule has 0 spiro atoms. The summed E-state index contributed by atoms with van der Waals surface area (Å²) >= 11 is 1.42. The van der Waals surface area contributed by atoms with E-state index in [0.717, 1.165) is 10.7 Å². The summed E-state index contributed by atoms with van der Waals surface area (Å²) < 4.78 is 0. The number of anilines is 1. The quantitative estimate of drug-likeness (QED) is 0.909. The average Bonchev–Trinajstić information content (AvgIpc) is 2.95. The third-order valence-corrected chi connectivity index (χ3v) is 4.25. The summed E-state index contributed by atoms with van der Waals surface area (Å²) in [6, 6.07) is 1.86. The molecule has 0 unspecified atom stereocenters. The summed E-state index contributed by atoms with van der Waals surface area (Å²) in [6.45, 7) is 10.4. The van der Waals surface area contributed by atoms with Crippen molar-refractivity contribution in [1.82, 2.24) is 15.2 Å². The number of amides is 1. The van der Waals surface area contributed by atoms with E-state index < -0.39 is 0 Å². The highest BCUT2D eigenvalue weighted by Crippen LogP contribution is 2.27. The molecule has 0 aliphatic heterocycles. The lowest BCUT2D eigenvalue weighted by Crippen LogP contribution is -2.11. The van der Waals surface area contributed by atoms with Crippen LogP contribution in [0, 0.1) is 0 Å². The van der Waals surface area contributed by atoms with Gasteiger partial charge in [0.2, 0.25) is 0 Å². The number of H-pyrrole nitrogens is 1. The molecule has 6 heteroatoms. The minimum atomic E-state index is -0.167. The smallest absolute Gasteiger partial charge is 0.268 e. The van der Waals surface area contributed by atoms with Crippen molar-refractivity contribution in [2.24, 2.45) is 0 Å². The highest BCUT2D eigenvalue weighted by atomic mass is 32.1. The Morgan fingerprint density at radius 1 is 1.40 bits per heavy atom. The summed E-state index contributed by atoms with van der Waals surface area (Å²) in [7, 11) is 0. The zero-order chi connectivity index (χ0) is 14.9. The number of carbonyl (C=O) groups is 1. The van der Waals surface area contributed by atoms with Gasteiger partial charge in [0.1, 0.15) is 4.88 Å². The number of nitrogens with zero attached hydrogens (tertiary/aromatic N) is 2. The van der Waals surface area contributed by atoms with E-state index in [9.17, 15) is 4.79 Å². The first-order valence-electron chi connectivity index (χ1n) is 6.60. The number of hydrogen-bond acceptors (Lipinski definition) is 4. The fourth-order valence-electron chi connectivity index (χ4n) is 1.60. The first kappa shape index (κ1) is 14.7. The molecule has 0 saturated heterocycles. The van der Waals surface area contributed by atoms with Crippen LogP contribution < -0.4 is 5.32 Å². The van der Waals surface area contributed by atoms with Gasteiger partial charge < -0.3 is 5.32 Å². The Balaban J connectivity index is 2.10. The van der Waals surface area contributed by atoms with Crippen molar-refractivity contribution in [1.29, 1.82) is 0 Å². The molecule has 0 bridgehead atoms. The Morgan fingerprint density at radius 3 is 2.60 bits per heavy atom. The molecular formula is C14H20N4OS. The lowest BCUT2D eigenvalue weighted by molar-refractivity contribution is 0.103. The summed E-state index contributed by atoms with van der Waals surface area (Å²) in [4.78, 5) is 17.1. The van der Waals surface area contributed by atoms with E-state index >= 15 is 0 Å². The maximum Gasteiger partial charge on any atom is 0.268 e. The van der Waals surface area contributed by atoms with Gasteiger partial charge in [0.25, 0.3) is 5.91 Å². The van der Waals surface area contributed by atoms with Crippen LogP contribution in [0.4, 0.5) is 5.82 Å². The van der Waals surface area contributed by atoms with Gasteiger partial charge in [-0.25, -0.2) is 4.98 Å². The maximum atomic E-state index is 12.1. The number of thiazole rings is 1. The van der Waals surface area contributed by atoms with Gasteiger partial charge in [-0.2, -0.15) is 5.10 Å². The highest BCUT2D eigenvalue weighted by molar-refractivity contribution is 7.13. The molecule has 2 aromatic heterocycles. The van der Waals surface area contributed by atoms with Gasteiger partial charge in [-0.05, 0) is 5.92 Å². The van der Waals surface area contributed by atoms with Gasteiger partial charge in [-0.1, -0.05) is 34.6 Å². The van der Waals surface area contributed by atoms with Gasteiger partial charge >= 0.3 is 0 Å². The van der Waals surface area contributed by atoms with Crippen molar-refractivity contribution in [3.8, 4) is 0 Å². The molecule has 0 atom stereocenters. The van der Waals surface area contributed by atoms with Crippen LogP contribution in [0.1, 0.15) is 60.9 Å². The average molecular weight is 292 g/mol. The van der Waals surface area contributed by atoms with E-state index in [4.69, 9.17) is 0 Å². The van der Waals surface area contributed by atoms with Crippen molar-refractivity contribution in [2.45, 2.75) is 46.0 Å². The van der Waals surface area contributed by atoms with Crippen LogP contribution in [-0.2, 0) is 5.41 Å². The Kier molecular flexibility index (Phi) is 3.94. The standard InChI is InChI=1S/C14H20N4OS/c1-8(2)9-6-11(18-17-9)16-12(19)10-7-15-13(20-10)14(3,4)5/h6-8H,1-5H3,(H2,16,17,18,19). The number of nitrogens with one attached hydrogen (secondary N) is 2. The van der Waals surface area contributed by atoms with Gasteiger partial charge in [0.05, 0.1) is 11.2 Å². The van der Waals surface area contributed by atoms with Crippen molar-refractivity contribution in [3.63, 3.8) is 0 Å². The first-order valence-corrected chi connectivity index (χ1v) is 7.42. The van der Waals surface area contributed by atoms with Crippen molar-refractivity contribution >= 4 is 23.1 Å². The summed E-state index contributed by atoms with van der Waals surface area (Å²) in [5.74, 6) is 0.730. The van der Waals surface area contributed by atoms with Crippen LogP contribution in [0.3, 0.4) is 0 Å². The Labute approximate surface area is 122 Å². The lowest BCUT2D eigenvalue weighted by Gasteiger charge is -2.13. The van der Waals surface area contributed by atoms with Gasteiger partial charge in [0.15, 0.2) is 5.82 Å². The van der Waals surface area contributed by atoms with E-state index in [-0.39, 0.29) is 11.3 Å². The number of carbonyl (C=O) groups excluding carboxylic acids is 1. The van der Waals surface area contributed by atoms with E-state index in [0.29, 0.717) is 16.6 Å². The number of aromatic amines is 1. The minimum Gasteiger partial charge on any atom is -0.304 e. The monoisotopic (exact) mass is 292 g/mol. The second-order valence-electron chi connectivity index (χ2n) is 6.10. The molecule has 108 valence electrons. The van der Waals surface area contributed by atoms with Crippen LogP contribution in [0.15, 0.2) is 12.3 Å². The van der Waals surface area contributed by atoms with Crippen LogP contribution in [0.5, 0.6) is 0 Å². The van der Waals surface area contributed by atoms with Crippen molar-refractivity contribution in [3.05, 3.63) is 27.8 Å². The SMILES string of the molecule is CC(C)c1cc(NC(=O)c2cnc(C(C)(C)C)s2)n[nH]1. The molecule has 2 N–H and O–H groups in total. The van der Waals surface area contributed by atoms with Crippen molar-refractivity contribution < 1.29 is 4.79 Å². The molecule has 0 fully saturated rings. The third kappa shape index (κ3) is 3.25. The molecule has 2 aromatic rings. The summed E-state index contributed by atoms with van der Waals surface area (Å²) in [6.07, 6.45) is 1.62. The maximum absolute atomic E-state index is 12.1. The number of hydrogen-bond donors (Lipinski definition) is 2. The van der Waals surface area contributed by atoms with Crippen LogP contribution >= 0.6 is 11.3 Å². The Hall–Kier alpha value is -1.69. The second kappa shape index (κ2) is 5.36. The molecule has 2 heterocycles. The highest BCUT2D eigenvalue weighted by Gasteiger charge is 2.20. The summed E-state index contributed by atoms with van der Waals surface area (Å²) in [5, 5.41) is 10.7. The predicted octanol–water partition coefficient (Wildman–Crippen LogP) is 3.54. The number of aromatic nitrogens is 3. The summed E-state index contributed by atoms with van der Waals surface area (Å²) in [5.41, 5.74) is 0.959. The lowest BCUT2D eigenvalue weighted by atomic mass is 9.98. The Bertz CT molecular complexity index is 607. The van der Waals surface area contributed by atoms with E-state index in [2.05, 4.69) is 55.1 Å². The topological polar surface area (TPSA) is 70.7 Å².